The van der Waals surface area contributed by atoms with Crippen LogP contribution in [0.5, 0.6) is 0 Å². The molecule has 21 heavy (non-hydrogen) atoms. The molecule has 2 aliphatic heterocycles. The zero-order chi connectivity index (χ0) is 14.8. The highest BCUT2D eigenvalue weighted by atomic mass is 16.5. The van der Waals surface area contributed by atoms with Crippen LogP contribution in [0.25, 0.3) is 0 Å². The van der Waals surface area contributed by atoms with Crippen LogP contribution in [-0.4, -0.2) is 43.7 Å². The lowest BCUT2D eigenvalue weighted by atomic mass is 9.73. The number of hydrogen-bond donors (Lipinski definition) is 1. The number of ether oxygens (including phenoxy) is 3. The Bertz CT molecular complexity index is 329. The van der Waals surface area contributed by atoms with Crippen LogP contribution in [0.15, 0.2) is 0 Å². The molecule has 2 saturated heterocycles. The summed E-state index contributed by atoms with van der Waals surface area (Å²) in [5.41, 5.74) is 6.72. The number of nitrogens with two attached hydrogens (primary N) is 1. The zero-order valence-corrected chi connectivity index (χ0v) is 13.4. The summed E-state index contributed by atoms with van der Waals surface area (Å²) in [6.07, 6.45) is 9.01. The Morgan fingerprint density at radius 2 is 1.86 bits per heavy atom. The van der Waals surface area contributed by atoms with Gasteiger partial charge in [-0.3, -0.25) is 0 Å². The fourth-order valence-electron chi connectivity index (χ4n) is 4.73. The van der Waals surface area contributed by atoms with Crippen molar-refractivity contribution in [2.24, 2.45) is 11.7 Å². The summed E-state index contributed by atoms with van der Waals surface area (Å²) >= 11 is 0. The van der Waals surface area contributed by atoms with E-state index in [2.05, 4.69) is 6.92 Å². The minimum atomic E-state index is -0.0664. The summed E-state index contributed by atoms with van der Waals surface area (Å²) in [6, 6.07) is 0.156. The molecule has 122 valence electrons. The van der Waals surface area contributed by atoms with Gasteiger partial charge in [0.05, 0.1) is 11.2 Å². The third-order valence-corrected chi connectivity index (χ3v) is 5.93. The summed E-state index contributed by atoms with van der Waals surface area (Å²) in [6.45, 7) is 5.38. The van der Waals surface area contributed by atoms with Crippen LogP contribution in [0.2, 0.25) is 0 Å². The van der Waals surface area contributed by atoms with Gasteiger partial charge in [-0.1, -0.05) is 12.8 Å². The van der Waals surface area contributed by atoms with E-state index < -0.39 is 0 Å². The Labute approximate surface area is 128 Å². The van der Waals surface area contributed by atoms with Crippen molar-refractivity contribution < 1.29 is 14.2 Å². The van der Waals surface area contributed by atoms with Crippen LogP contribution < -0.4 is 5.73 Å². The highest BCUT2D eigenvalue weighted by Crippen LogP contribution is 2.44. The van der Waals surface area contributed by atoms with Crippen molar-refractivity contribution in [1.29, 1.82) is 0 Å². The zero-order valence-electron chi connectivity index (χ0n) is 13.4. The van der Waals surface area contributed by atoms with Crippen molar-refractivity contribution >= 4 is 0 Å². The van der Waals surface area contributed by atoms with Gasteiger partial charge in [-0.15, -0.1) is 0 Å². The predicted molar refractivity (Wildman–Crippen MR) is 82.3 cm³/mol. The topological polar surface area (TPSA) is 53.7 Å². The molecule has 2 unspecified atom stereocenters. The van der Waals surface area contributed by atoms with Gasteiger partial charge >= 0.3 is 0 Å². The molecule has 3 rings (SSSR count). The number of hydrogen-bond acceptors (Lipinski definition) is 4. The van der Waals surface area contributed by atoms with Gasteiger partial charge in [-0.05, 0) is 51.4 Å². The lowest BCUT2D eigenvalue weighted by molar-refractivity contribution is -0.160. The quantitative estimate of drug-likeness (QED) is 0.866. The Balaban J connectivity index is 1.69. The molecule has 0 bridgehead atoms. The maximum absolute atomic E-state index is 6.75. The summed E-state index contributed by atoms with van der Waals surface area (Å²) < 4.78 is 17.9. The highest BCUT2D eigenvalue weighted by Gasteiger charge is 2.48. The van der Waals surface area contributed by atoms with E-state index in [4.69, 9.17) is 19.9 Å². The van der Waals surface area contributed by atoms with Crippen LogP contribution >= 0.6 is 0 Å². The SMILES string of the molecule is CCOC1(C(N)C2CCOC3(CCOCC3)C2)CCCC1. The van der Waals surface area contributed by atoms with E-state index in [1.54, 1.807) is 0 Å². The molecule has 3 aliphatic rings. The first-order chi connectivity index (χ1) is 10.2. The Morgan fingerprint density at radius 3 is 2.52 bits per heavy atom. The van der Waals surface area contributed by atoms with Gasteiger partial charge in [-0.25, -0.2) is 0 Å². The van der Waals surface area contributed by atoms with Crippen LogP contribution in [0, 0.1) is 5.92 Å². The van der Waals surface area contributed by atoms with E-state index in [0.29, 0.717) is 5.92 Å². The first-order valence-electron chi connectivity index (χ1n) is 8.81. The van der Waals surface area contributed by atoms with Crippen molar-refractivity contribution in [1.82, 2.24) is 0 Å². The van der Waals surface area contributed by atoms with E-state index in [1.807, 2.05) is 0 Å². The van der Waals surface area contributed by atoms with Gasteiger partial charge in [0, 0.05) is 32.5 Å². The lowest BCUT2D eigenvalue weighted by Gasteiger charge is -2.48. The lowest BCUT2D eigenvalue weighted by Crippen LogP contribution is -2.56. The maximum Gasteiger partial charge on any atom is 0.0835 e. The van der Waals surface area contributed by atoms with E-state index >= 15 is 0 Å². The van der Waals surface area contributed by atoms with Crippen LogP contribution in [0.4, 0.5) is 0 Å². The average Bonchev–Trinajstić information content (AvgIpc) is 2.97. The standard InChI is InChI=1S/C17H31NO3/c1-2-20-17(6-3-4-7-17)15(18)14-5-10-21-16(13-14)8-11-19-12-9-16/h14-15H,2-13,18H2,1H3. The van der Waals surface area contributed by atoms with Crippen LogP contribution in [-0.2, 0) is 14.2 Å². The largest absolute Gasteiger partial charge is 0.381 e. The Morgan fingerprint density at radius 1 is 1.14 bits per heavy atom. The molecule has 4 nitrogen and oxygen atoms in total. The molecule has 4 heteroatoms. The molecule has 0 radical (unpaired) electrons. The van der Waals surface area contributed by atoms with Gasteiger partial charge in [-0.2, -0.15) is 0 Å². The molecule has 0 aromatic rings. The van der Waals surface area contributed by atoms with Crippen LogP contribution in [0.1, 0.15) is 58.3 Å². The van der Waals surface area contributed by atoms with E-state index in [1.165, 1.54) is 12.8 Å². The summed E-state index contributed by atoms with van der Waals surface area (Å²) in [5.74, 6) is 0.529. The van der Waals surface area contributed by atoms with Gasteiger partial charge in [0.2, 0.25) is 0 Å². The monoisotopic (exact) mass is 297 g/mol. The predicted octanol–water partition coefficient (Wildman–Crippen LogP) is 2.64. The smallest absolute Gasteiger partial charge is 0.0835 e. The molecule has 0 amide bonds. The maximum atomic E-state index is 6.75. The van der Waals surface area contributed by atoms with Crippen molar-refractivity contribution in [3.63, 3.8) is 0 Å². The minimum Gasteiger partial charge on any atom is -0.381 e. The molecule has 1 aliphatic carbocycles. The van der Waals surface area contributed by atoms with E-state index in [0.717, 1.165) is 65.0 Å². The highest BCUT2D eigenvalue weighted by molar-refractivity contribution is 5.02. The molecule has 0 aromatic heterocycles. The van der Waals surface area contributed by atoms with Gasteiger partial charge in [0.1, 0.15) is 0 Å². The van der Waals surface area contributed by atoms with E-state index in [-0.39, 0.29) is 17.2 Å². The second-order valence-corrected chi connectivity index (χ2v) is 7.13. The molecule has 2 heterocycles. The molecule has 2 atom stereocenters. The summed E-state index contributed by atoms with van der Waals surface area (Å²) in [7, 11) is 0. The first kappa shape index (κ1) is 15.7. The summed E-state index contributed by atoms with van der Waals surface area (Å²) in [5, 5.41) is 0. The fourth-order valence-corrected chi connectivity index (χ4v) is 4.73. The Hall–Kier alpha value is -0.160. The van der Waals surface area contributed by atoms with Crippen molar-refractivity contribution in [2.75, 3.05) is 26.4 Å². The average molecular weight is 297 g/mol. The molecular formula is C17H31NO3. The van der Waals surface area contributed by atoms with Gasteiger partial charge < -0.3 is 19.9 Å². The molecule has 1 saturated carbocycles. The third kappa shape index (κ3) is 3.14. The van der Waals surface area contributed by atoms with Gasteiger partial charge in [0.15, 0.2) is 0 Å². The normalized spacial score (nSPS) is 33.1. The Kier molecular flexibility index (Phi) is 4.89. The molecule has 0 aromatic carbocycles. The molecule has 1 spiro atoms. The summed E-state index contributed by atoms with van der Waals surface area (Å²) in [4.78, 5) is 0. The first-order valence-corrected chi connectivity index (χ1v) is 8.81. The third-order valence-electron chi connectivity index (χ3n) is 5.93. The van der Waals surface area contributed by atoms with E-state index in [9.17, 15) is 0 Å². The molecule has 2 N–H and O–H groups in total. The van der Waals surface area contributed by atoms with Crippen molar-refractivity contribution in [3.05, 3.63) is 0 Å². The van der Waals surface area contributed by atoms with Crippen LogP contribution in [0.3, 0.4) is 0 Å². The van der Waals surface area contributed by atoms with Crippen molar-refractivity contribution in [3.8, 4) is 0 Å². The fraction of sp³-hybridized carbons (Fsp3) is 1.00. The molecular weight excluding hydrogens is 266 g/mol. The van der Waals surface area contributed by atoms with Gasteiger partial charge in [0.25, 0.3) is 0 Å². The minimum absolute atomic E-state index is 0.0325. The molecule has 3 fully saturated rings. The number of rotatable bonds is 4. The second kappa shape index (κ2) is 6.53. The van der Waals surface area contributed by atoms with Crippen molar-refractivity contribution in [2.45, 2.75) is 75.5 Å². The second-order valence-electron chi connectivity index (χ2n) is 7.13.